The van der Waals surface area contributed by atoms with Gasteiger partial charge in [-0.1, -0.05) is 24.3 Å². The highest BCUT2D eigenvalue weighted by atomic mass is 16.4. The van der Waals surface area contributed by atoms with Crippen molar-refractivity contribution in [3.8, 4) is 11.3 Å². The van der Waals surface area contributed by atoms with E-state index in [2.05, 4.69) is 10.3 Å². The molecule has 7 nitrogen and oxygen atoms in total. The minimum absolute atomic E-state index is 0.122. The fourth-order valence-electron chi connectivity index (χ4n) is 3.45. The lowest BCUT2D eigenvalue weighted by atomic mass is 10.1. The molecule has 0 aliphatic heterocycles. The molecule has 0 saturated heterocycles. The number of pyridine rings is 1. The number of benzene rings is 2. The molecule has 0 aliphatic carbocycles. The summed E-state index contributed by atoms with van der Waals surface area (Å²) >= 11 is 0. The van der Waals surface area contributed by atoms with E-state index in [0.29, 0.717) is 16.8 Å². The number of fused-ring (bicyclic) bond motifs is 2. The molecular formula is C23H18N4O3. The van der Waals surface area contributed by atoms with Gasteiger partial charge in [-0.05, 0) is 48.9 Å². The number of nitrogens with one attached hydrogen (secondary N) is 1. The fraction of sp³-hybridized carbons (Fsp3) is 0.0870. The molecule has 0 unspecified atom stereocenters. The standard InChI is InChI=1S/C23H18N4O3/c1-15-10-11-26-13-18(25-21(26)12-15)16-6-8-17(9-7-16)24-22(28)14-27-19-4-2-3-5-20(19)30-23(27)29/h2-13H,14H2,1H3,(H,24,28). The summed E-state index contributed by atoms with van der Waals surface area (Å²) in [5.41, 5.74) is 5.55. The van der Waals surface area contributed by atoms with Crippen molar-refractivity contribution < 1.29 is 9.21 Å². The van der Waals surface area contributed by atoms with Gasteiger partial charge in [0, 0.05) is 23.6 Å². The maximum Gasteiger partial charge on any atom is 0.420 e. The number of para-hydroxylation sites is 2. The van der Waals surface area contributed by atoms with Gasteiger partial charge in [-0.2, -0.15) is 0 Å². The minimum Gasteiger partial charge on any atom is -0.408 e. The molecular weight excluding hydrogens is 380 g/mol. The molecule has 3 heterocycles. The summed E-state index contributed by atoms with van der Waals surface area (Å²) in [6.45, 7) is 1.91. The Balaban J connectivity index is 1.33. The zero-order valence-corrected chi connectivity index (χ0v) is 16.2. The maximum atomic E-state index is 12.5. The number of rotatable bonds is 4. The van der Waals surface area contributed by atoms with Crippen LogP contribution in [0.25, 0.3) is 28.0 Å². The summed E-state index contributed by atoms with van der Waals surface area (Å²) in [5.74, 6) is -0.858. The minimum atomic E-state index is -0.552. The number of hydrogen-bond donors (Lipinski definition) is 1. The first kappa shape index (κ1) is 17.9. The Morgan fingerprint density at radius 2 is 1.90 bits per heavy atom. The first-order chi connectivity index (χ1) is 14.6. The maximum absolute atomic E-state index is 12.5. The molecule has 0 fully saturated rings. The van der Waals surface area contributed by atoms with Gasteiger partial charge in [0.05, 0.1) is 11.2 Å². The van der Waals surface area contributed by atoms with Crippen molar-refractivity contribution >= 4 is 28.3 Å². The van der Waals surface area contributed by atoms with Crippen LogP contribution in [0.5, 0.6) is 0 Å². The van der Waals surface area contributed by atoms with Gasteiger partial charge in [-0.25, -0.2) is 9.78 Å². The SMILES string of the molecule is Cc1ccn2cc(-c3ccc(NC(=O)Cn4c(=O)oc5ccccc54)cc3)nc2c1. The van der Waals surface area contributed by atoms with Gasteiger partial charge < -0.3 is 14.1 Å². The molecule has 0 radical (unpaired) electrons. The molecule has 0 saturated carbocycles. The third-order valence-corrected chi connectivity index (χ3v) is 4.96. The monoisotopic (exact) mass is 398 g/mol. The topological polar surface area (TPSA) is 81.5 Å². The van der Waals surface area contributed by atoms with E-state index in [-0.39, 0.29) is 12.5 Å². The number of carbonyl (C=O) groups excluding carboxylic acids is 1. The largest absolute Gasteiger partial charge is 0.420 e. The fourth-order valence-corrected chi connectivity index (χ4v) is 3.45. The Bertz CT molecular complexity index is 1440. The van der Waals surface area contributed by atoms with E-state index in [1.807, 2.05) is 60.1 Å². The molecule has 1 N–H and O–H groups in total. The van der Waals surface area contributed by atoms with Crippen molar-refractivity contribution in [3.63, 3.8) is 0 Å². The van der Waals surface area contributed by atoms with Gasteiger partial charge in [0.15, 0.2) is 5.58 Å². The second-order valence-corrected chi connectivity index (χ2v) is 7.14. The lowest BCUT2D eigenvalue weighted by molar-refractivity contribution is -0.116. The van der Waals surface area contributed by atoms with Crippen LogP contribution in [0.3, 0.4) is 0 Å². The number of imidazole rings is 1. The predicted octanol–water partition coefficient (Wildman–Crippen LogP) is 3.86. The summed E-state index contributed by atoms with van der Waals surface area (Å²) in [6, 6.07) is 18.5. The zero-order chi connectivity index (χ0) is 20.7. The first-order valence-electron chi connectivity index (χ1n) is 9.51. The van der Waals surface area contributed by atoms with Crippen LogP contribution >= 0.6 is 0 Å². The van der Waals surface area contributed by atoms with E-state index in [0.717, 1.165) is 22.5 Å². The Morgan fingerprint density at radius 3 is 2.73 bits per heavy atom. The third kappa shape index (κ3) is 3.26. The smallest absolute Gasteiger partial charge is 0.408 e. The van der Waals surface area contributed by atoms with E-state index in [4.69, 9.17) is 4.42 Å². The second-order valence-electron chi connectivity index (χ2n) is 7.14. The lowest BCUT2D eigenvalue weighted by Gasteiger charge is -2.06. The summed E-state index contributed by atoms with van der Waals surface area (Å²) < 4.78 is 8.46. The number of aryl methyl sites for hydroxylation is 1. The third-order valence-electron chi connectivity index (χ3n) is 4.96. The summed E-state index contributed by atoms with van der Waals surface area (Å²) in [6.07, 6.45) is 3.95. The highest BCUT2D eigenvalue weighted by Gasteiger charge is 2.12. The van der Waals surface area contributed by atoms with E-state index in [1.165, 1.54) is 4.57 Å². The summed E-state index contributed by atoms with van der Waals surface area (Å²) in [4.78, 5) is 29.1. The van der Waals surface area contributed by atoms with Gasteiger partial charge in [0.1, 0.15) is 12.2 Å². The first-order valence-corrected chi connectivity index (χ1v) is 9.51. The second kappa shape index (κ2) is 7.04. The van der Waals surface area contributed by atoms with Crippen molar-refractivity contribution in [1.29, 1.82) is 0 Å². The molecule has 5 aromatic rings. The van der Waals surface area contributed by atoms with Gasteiger partial charge in [-0.3, -0.25) is 9.36 Å². The molecule has 7 heteroatoms. The van der Waals surface area contributed by atoms with Gasteiger partial charge in [0.25, 0.3) is 0 Å². The van der Waals surface area contributed by atoms with Crippen LogP contribution in [-0.4, -0.2) is 19.9 Å². The molecule has 2 aromatic carbocycles. The number of carbonyl (C=O) groups is 1. The van der Waals surface area contributed by atoms with E-state index < -0.39 is 5.76 Å². The number of aromatic nitrogens is 3. The molecule has 5 rings (SSSR count). The Kier molecular flexibility index (Phi) is 4.21. The van der Waals surface area contributed by atoms with E-state index in [9.17, 15) is 9.59 Å². The quantitative estimate of drug-likeness (QED) is 0.498. The normalized spacial score (nSPS) is 11.2. The summed E-state index contributed by atoms with van der Waals surface area (Å²) in [5, 5.41) is 2.82. The van der Waals surface area contributed by atoms with Crippen LogP contribution in [-0.2, 0) is 11.3 Å². The number of nitrogens with zero attached hydrogens (tertiary/aromatic N) is 3. The van der Waals surface area contributed by atoms with Crippen LogP contribution < -0.4 is 11.1 Å². The zero-order valence-electron chi connectivity index (χ0n) is 16.2. The van der Waals surface area contributed by atoms with Crippen LogP contribution in [0, 0.1) is 6.92 Å². The lowest BCUT2D eigenvalue weighted by Crippen LogP contribution is -2.24. The van der Waals surface area contributed by atoms with Crippen molar-refractivity contribution in [2.45, 2.75) is 13.5 Å². The van der Waals surface area contributed by atoms with Gasteiger partial charge in [-0.15, -0.1) is 0 Å². The number of oxazole rings is 1. The van der Waals surface area contributed by atoms with Crippen LogP contribution in [0.2, 0.25) is 0 Å². The van der Waals surface area contributed by atoms with Crippen LogP contribution in [0.1, 0.15) is 5.56 Å². The van der Waals surface area contributed by atoms with E-state index >= 15 is 0 Å². The summed E-state index contributed by atoms with van der Waals surface area (Å²) in [7, 11) is 0. The molecule has 0 bridgehead atoms. The average molecular weight is 398 g/mol. The van der Waals surface area contributed by atoms with Crippen molar-refractivity contribution in [2.75, 3.05) is 5.32 Å². The van der Waals surface area contributed by atoms with Crippen LogP contribution in [0.15, 0.2) is 82.3 Å². The molecule has 1 amide bonds. The highest BCUT2D eigenvalue weighted by Crippen LogP contribution is 2.22. The molecule has 148 valence electrons. The number of hydrogen-bond acceptors (Lipinski definition) is 4. The molecule has 0 aliphatic rings. The van der Waals surface area contributed by atoms with Crippen LogP contribution in [0.4, 0.5) is 5.69 Å². The molecule has 0 atom stereocenters. The number of amides is 1. The van der Waals surface area contributed by atoms with Gasteiger partial charge >= 0.3 is 5.76 Å². The van der Waals surface area contributed by atoms with E-state index in [1.54, 1.807) is 24.3 Å². The van der Waals surface area contributed by atoms with Crippen molar-refractivity contribution in [3.05, 3.63) is 89.2 Å². The highest BCUT2D eigenvalue weighted by molar-refractivity contribution is 5.91. The van der Waals surface area contributed by atoms with Gasteiger partial charge in [0.2, 0.25) is 5.91 Å². The van der Waals surface area contributed by atoms with Crippen molar-refractivity contribution in [1.82, 2.24) is 14.0 Å². The Morgan fingerprint density at radius 1 is 1.10 bits per heavy atom. The molecule has 30 heavy (non-hydrogen) atoms. The van der Waals surface area contributed by atoms with Crippen molar-refractivity contribution in [2.24, 2.45) is 0 Å². The molecule has 3 aromatic heterocycles. The Hall–Kier alpha value is -4.13. The average Bonchev–Trinajstić information content (AvgIpc) is 3.29. The predicted molar refractivity (Wildman–Crippen MR) is 114 cm³/mol. The molecule has 0 spiro atoms. The number of anilines is 1. The Labute approximate surface area is 171 Å².